The summed E-state index contributed by atoms with van der Waals surface area (Å²) in [6.07, 6.45) is 4.36. The Kier molecular flexibility index (Phi) is 5.38. The number of aromatic nitrogens is 1. The van der Waals surface area contributed by atoms with Gasteiger partial charge in [0.2, 0.25) is 0 Å². The van der Waals surface area contributed by atoms with Crippen molar-refractivity contribution >= 4 is 21.5 Å². The predicted octanol–water partition coefficient (Wildman–Crippen LogP) is 2.51. The fourth-order valence-electron chi connectivity index (χ4n) is 2.77. The van der Waals surface area contributed by atoms with E-state index in [0.717, 1.165) is 37.5 Å². The Morgan fingerprint density at radius 3 is 2.50 bits per heavy atom. The Morgan fingerprint density at radius 1 is 1.19 bits per heavy atom. The molecule has 0 saturated heterocycles. The van der Waals surface area contributed by atoms with Crippen LogP contribution >= 0.6 is 0 Å². The third-order valence-corrected chi connectivity index (χ3v) is 5.72. The van der Waals surface area contributed by atoms with Gasteiger partial charge in [0.1, 0.15) is 10.7 Å². The molecule has 140 valence electrons. The summed E-state index contributed by atoms with van der Waals surface area (Å²) < 4.78 is 53.2. The second-order valence-corrected chi connectivity index (χ2v) is 7.77. The van der Waals surface area contributed by atoms with Crippen molar-refractivity contribution in [1.29, 1.82) is 0 Å². The normalized spacial score (nSPS) is 14.7. The van der Waals surface area contributed by atoms with Crippen molar-refractivity contribution in [3.05, 3.63) is 48.2 Å². The Bertz CT molecular complexity index is 871. The van der Waals surface area contributed by atoms with Crippen LogP contribution in [0.5, 0.6) is 0 Å². The number of anilines is 2. The van der Waals surface area contributed by atoms with Gasteiger partial charge in [-0.1, -0.05) is 0 Å². The standard InChI is InChI=1S/C17H19F2N3O3S/c18-15-6-4-12(10-16(15)19)21-26(24,25)14-5-7-17(20-11-14)22(8-9-23)13-2-1-3-13/h4-7,10-11,13,21,23H,1-3,8-9H2. The first-order chi connectivity index (χ1) is 12.4. The molecule has 1 aliphatic carbocycles. The minimum Gasteiger partial charge on any atom is -0.395 e. The van der Waals surface area contributed by atoms with E-state index >= 15 is 0 Å². The number of nitrogens with zero attached hydrogens (tertiary/aromatic N) is 2. The highest BCUT2D eigenvalue weighted by Gasteiger charge is 2.26. The van der Waals surface area contributed by atoms with Crippen LogP contribution in [-0.4, -0.2) is 37.7 Å². The second-order valence-electron chi connectivity index (χ2n) is 6.09. The zero-order valence-electron chi connectivity index (χ0n) is 13.9. The fraction of sp³-hybridized carbons (Fsp3) is 0.353. The number of pyridine rings is 1. The lowest BCUT2D eigenvalue weighted by Crippen LogP contribution is -2.42. The summed E-state index contributed by atoms with van der Waals surface area (Å²) in [5, 5.41) is 9.22. The summed E-state index contributed by atoms with van der Waals surface area (Å²) in [6, 6.07) is 6.03. The molecule has 2 N–H and O–H groups in total. The third-order valence-electron chi connectivity index (χ3n) is 4.35. The molecule has 0 atom stereocenters. The monoisotopic (exact) mass is 383 g/mol. The molecule has 0 bridgehead atoms. The largest absolute Gasteiger partial charge is 0.395 e. The molecule has 1 aromatic carbocycles. The first kappa shape index (κ1) is 18.5. The molecule has 0 aliphatic heterocycles. The van der Waals surface area contributed by atoms with Crippen LogP contribution in [0.2, 0.25) is 0 Å². The van der Waals surface area contributed by atoms with Gasteiger partial charge in [0.25, 0.3) is 10.0 Å². The highest BCUT2D eigenvalue weighted by atomic mass is 32.2. The average Bonchev–Trinajstić information content (AvgIpc) is 2.56. The molecule has 2 aromatic rings. The van der Waals surface area contributed by atoms with Crippen molar-refractivity contribution < 1.29 is 22.3 Å². The molecule has 0 amide bonds. The van der Waals surface area contributed by atoms with Crippen LogP contribution in [-0.2, 0) is 10.0 Å². The van der Waals surface area contributed by atoms with Crippen LogP contribution in [0.3, 0.4) is 0 Å². The van der Waals surface area contributed by atoms with E-state index in [1.165, 1.54) is 12.3 Å². The van der Waals surface area contributed by atoms with Crippen LogP contribution in [0.25, 0.3) is 0 Å². The molecular formula is C17H19F2N3O3S. The Balaban J connectivity index is 1.78. The molecule has 6 nitrogen and oxygen atoms in total. The van der Waals surface area contributed by atoms with Gasteiger partial charge < -0.3 is 10.0 Å². The van der Waals surface area contributed by atoms with Crippen molar-refractivity contribution in [2.45, 2.75) is 30.2 Å². The first-order valence-electron chi connectivity index (χ1n) is 8.22. The number of halogens is 2. The average molecular weight is 383 g/mol. The summed E-state index contributed by atoms with van der Waals surface area (Å²) in [6.45, 7) is 0.410. The molecule has 0 radical (unpaired) electrons. The molecule has 0 unspecified atom stereocenters. The lowest BCUT2D eigenvalue weighted by molar-refractivity contribution is 0.283. The van der Waals surface area contributed by atoms with Gasteiger partial charge in [0.15, 0.2) is 11.6 Å². The van der Waals surface area contributed by atoms with E-state index in [4.69, 9.17) is 0 Å². The van der Waals surface area contributed by atoms with Gasteiger partial charge in [-0.2, -0.15) is 0 Å². The molecule has 9 heteroatoms. The zero-order chi connectivity index (χ0) is 18.7. The topological polar surface area (TPSA) is 82.5 Å². The van der Waals surface area contributed by atoms with Gasteiger partial charge in [-0.15, -0.1) is 0 Å². The minimum absolute atomic E-state index is 0.0179. The number of rotatable bonds is 7. The van der Waals surface area contributed by atoms with Crippen LogP contribution in [0.15, 0.2) is 41.4 Å². The number of aliphatic hydroxyl groups is 1. The number of nitrogens with one attached hydrogen (secondary N) is 1. The van der Waals surface area contributed by atoms with Crippen molar-refractivity contribution in [2.24, 2.45) is 0 Å². The molecule has 26 heavy (non-hydrogen) atoms. The number of sulfonamides is 1. The van der Waals surface area contributed by atoms with Gasteiger partial charge in [-0.25, -0.2) is 22.2 Å². The molecular weight excluding hydrogens is 364 g/mol. The maximum absolute atomic E-state index is 13.2. The number of hydrogen-bond donors (Lipinski definition) is 2. The van der Waals surface area contributed by atoms with E-state index in [1.807, 2.05) is 4.90 Å². The van der Waals surface area contributed by atoms with Crippen molar-refractivity contribution in [3.63, 3.8) is 0 Å². The molecule has 1 aromatic heterocycles. The summed E-state index contributed by atoms with van der Waals surface area (Å²) in [4.78, 5) is 6.07. The molecule has 0 spiro atoms. The number of aliphatic hydroxyl groups excluding tert-OH is 1. The molecule has 1 aliphatic rings. The fourth-order valence-corrected chi connectivity index (χ4v) is 3.76. The first-order valence-corrected chi connectivity index (χ1v) is 9.70. The van der Waals surface area contributed by atoms with E-state index in [0.29, 0.717) is 18.4 Å². The minimum atomic E-state index is -3.98. The van der Waals surface area contributed by atoms with E-state index in [2.05, 4.69) is 9.71 Å². The van der Waals surface area contributed by atoms with Gasteiger partial charge >= 0.3 is 0 Å². The van der Waals surface area contributed by atoms with Crippen molar-refractivity contribution in [1.82, 2.24) is 4.98 Å². The molecule has 1 saturated carbocycles. The Morgan fingerprint density at radius 2 is 1.96 bits per heavy atom. The highest BCUT2D eigenvalue weighted by molar-refractivity contribution is 7.92. The van der Waals surface area contributed by atoms with E-state index < -0.39 is 21.7 Å². The lowest BCUT2D eigenvalue weighted by Gasteiger charge is -2.38. The van der Waals surface area contributed by atoms with Crippen LogP contribution in [0.4, 0.5) is 20.3 Å². The summed E-state index contributed by atoms with van der Waals surface area (Å²) in [5.41, 5.74) is -0.0793. The van der Waals surface area contributed by atoms with Crippen LogP contribution in [0.1, 0.15) is 19.3 Å². The molecule has 1 fully saturated rings. The summed E-state index contributed by atoms with van der Waals surface area (Å²) >= 11 is 0. The SMILES string of the molecule is O=S(=O)(Nc1ccc(F)c(F)c1)c1ccc(N(CCO)C2CCC2)nc1. The van der Waals surface area contributed by atoms with Gasteiger partial charge in [0.05, 0.1) is 12.3 Å². The van der Waals surface area contributed by atoms with Gasteiger partial charge in [-0.05, 0) is 43.5 Å². The van der Waals surface area contributed by atoms with Gasteiger partial charge in [0, 0.05) is 24.8 Å². The Hall–Kier alpha value is -2.26. The Labute approximate surface area is 150 Å². The van der Waals surface area contributed by atoms with Gasteiger partial charge in [-0.3, -0.25) is 4.72 Å². The second kappa shape index (κ2) is 7.55. The number of hydrogen-bond acceptors (Lipinski definition) is 5. The third kappa shape index (κ3) is 3.94. The molecule has 3 rings (SSSR count). The van der Waals surface area contributed by atoms with E-state index in [9.17, 15) is 22.3 Å². The lowest BCUT2D eigenvalue weighted by atomic mass is 9.91. The maximum atomic E-state index is 13.2. The van der Waals surface area contributed by atoms with E-state index in [1.54, 1.807) is 6.07 Å². The predicted molar refractivity (Wildman–Crippen MR) is 93.5 cm³/mol. The smallest absolute Gasteiger partial charge is 0.263 e. The number of benzene rings is 1. The van der Waals surface area contributed by atoms with Crippen molar-refractivity contribution in [2.75, 3.05) is 22.8 Å². The highest BCUT2D eigenvalue weighted by Crippen LogP contribution is 2.28. The van der Waals surface area contributed by atoms with E-state index in [-0.39, 0.29) is 17.2 Å². The van der Waals surface area contributed by atoms with Crippen molar-refractivity contribution in [3.8, 4) is 0 Å². The van der Waals surface area contributed by atoms with Crippen LogP contribution < -0.4 is 9.62 Å². The quantitative estimate of drug-likeness (QED) is 0.768. The van der Waals surface area contributed by atoms with Crippen LogP contribution in [0, 0.1) is 11.6 Å². The zero-order valence-corrected chi connectivity index (χ0v) is 14.7. The summed E-state index contributed by atoms with van der Waals surface area (Å²) in [7, 11) is -3.98. The maximum Gasteiger partial charge on any atom is 0.263 e. The summed E-state index contributed by atoms with van der Waals surface area (Å²) in [5.74, 6) is -1.60. The molecule has 1 heterocycles.